The third kappa shape index (κ3) is 4.49. The molecule has 0 amide bonds. The zero-order chi connectivity index (χ0) is 25.5. The largest absolute Gasteiger partial charge is 0.382 e. The molecule has 36 heavy (non-hydrogen) atoms. The molecule has 0 aromatic carbocycles. The van der Waals surface area contributed by atoms with Gasteiger partial charge in [-0.25, -0.2) is 18.4 Å². The van der Waals surface area contributed by atoms with E-state index in [2.05, 4.69) is 35.1 Å². The molecule has 3 aromatic rings. The quantitative estimate of drug-likeness (QED) is 0.398. The van der Waals surface area contributed by atoms with Crippen molar-refractivity contribution < 1.29 is 17.9 Å². The number of ether oxygens (including phenoxy) is 2. The van der Waals surface area contributed by atoms with Crippen LogP contribution in [0.15, 0.2) is 12.4 Å². The van der Waals surface area contributed by atoms with Gasteiger partial charge >= 0.3 is 0 Å². The van der Waals surface area contributed by atoms with Gasteiger partial charge in [-0.3, -0.25) is 14.4 Å². The van der Waals surface area contributed by atoms with Crippen molar-refractivity contribution in [3.8, 4) is 11.5 Å². The number of halogens is 1. The van der Waals surface area contributed by atoms with E-state index in [1.54, 1.807) is 7.11 Å². The van der Waals surface area contributed by atoms with Gasteiger partial charge in [0.25, 0.3) is 0 Å². The predicted molar refractivity (Wildman–Crippen MR) is 132 cm³/mol. The van der Waals surface area contributed by atoms with E-state index in [4.69, 9.17) is 21.1 Å². The van der Waals surface area contributed by atoms with E-state index in [0.717, 1.165) is 49.8 Å². The van der Waals surface area contributed by atoms with Gasteiger partial charge in [0.2, 0.25) is 16.0 Å². The standard InChI is InChI=1S/C22H29ClN8O4S/c1-13(18(35-3)19-24-10-14(23)11-25-19)36(32,33)30-21-29-28-20(31(21)22(8-9-22)12-34-2)17-15-6-4-5-7-16(15)26-27-17/h10-11,13,18H,4-9,12H2,1-3H3,(H,26,27)(H,29,30). The van der Waals surface area contributed by atoms with Crippen molar-refractivity contribution in [1.82, 2.24) is 34.9 Å². The van der Waals surface area contributed by atoms with Gasteiger partial charge in [-0.05, 0) is 45.4 Å². The first-order valence-electron chi connectivity index (χ1n) is 11.8. The minimum Gasteiger partial charge on any atom is -0.382 e. The number of aromatic nitrogens is 7. The number of aryl methyl sites for hydroxylation is 1. The number of sulfonamides is 1. The molecule has 14 heteroatoms. The summed E-state index contributed by atoms with van der Waals surface area (Å²) < 4.78 is 42.5. The molecule has 2 N–H and O–H groups in total. The number of H-pyrrole nitrogens is 1. The van der Waals surface area contributed by atoms with Crippen molar-refractivity contribution in [2.75, 3.05) is 25.5 Å². The zero-order valence-corrected chi connectivity index (χ0v) is 21.9. The molecule has 0 aliphatic heterocycles. The molecule has 0 spiro atoms. The fourth-order valence-electron chi connectivity index (χ4n) is 4.82. The summed E-state index contributed by atoms with van der Waals surface area (Å²) in [6, 6.07) is 0. The molecule has 5 rings (SSSR count). The Labute approximate surface area is 214 Å². The Balaban J connectivity index is 1.51. The van der Waals surface area contributed by atoms with Gasteiger partial charge in [0.1, 0.15) is 17.0 Å². The number of anilines is 1. The van der Waals surface area contributed by atoms with Crippen molar-refractivity contribution in [3.05, 3.63) is 34.5 Å². The number of rotatable bonds is 10. The van der Waals surface area contributed by atoms with Crippen LogP contribution in [-0.2, 0) is 37.9 Å². The van der Waals surface area contributed by atoms with Crippen molar-refractivity contribution in [2.24, 2.45) is 0 Å². The highest BCUT2D eigenvalue weighted by Gasteiger charge is 2.49. The van der Waals surface area contributed by atoms with Gasteiger partial charge in [0.05, 0.1) is 17.2 Å². The molecule has 1 saturated carbocycles. The molecule has 2 atom stereocenters. The Kier molecular flexibility index (Phi) is 6.74. The van der Waals surface area contributed by atoms with Gasteiger partial charge in [-0.1, -0.05) is 11.6 Å². The minimum absolute atomic E-state index is 0.117. The van der Waals surface area contributed by atoms with Crippen LogP contribution in [0.2, 0.25) is 5.02 Å². The van der Waals surface area contributed by atoms with Crippen LogP contribution in [0.25, 0.3) is 11.5 Å². The Bertz CT molecular complexity index is 1340. The summed E-state index contributed by atoms with van der Waals surface area (Å²) in [5.41, 5.74) is 2.48. The van der Waals surface area contributed by atoms with Gasteiger partial charge < -0.3 is 9.47 Å². The molecule has 0 saturated heterocycles. The molecule has 2 aliphatic rings. The number of hydrogen-bond donors (Lipinski definition) is 2. The normalized spacial score (nSPS) is 18.4. The van der Waals surface area contributed by atoms with Crippen LogP contribution in [0.1, 0.15) is 55.8 Å². The highest BCUT2D eigenvalue weighted by atomic mass is 35.5. The van der Waals surface area contributed by atoms with Gasteiger partial charge in [-0.2, -0.15) is 5.10 Å². The lowest BCUT2D eigenvalue weighted by Gasteiger charge is -2.24. The fraction of sp³-hybridized carbons (Fsp3) is 0.591. The third-order valence-corrected chi connectivity index (χ3v) is 8.83. The van der Waals surface area contributed by atoms with Crippen LogP contribution >= 0.6 is 11.6 Å². The smallest absolute Gasteiger partial charge is 0.240 e. The lowest BCUT2D eigenvalue weighted by molar-refractivity contribution is 0.0950. The van der Waals surface area contributed by atoms with Crippen LogP contribution < -0.4 is 4.72 Å². The molecule has 1 fully saturated rings. The summed E-state index contributed by atoms with van der Waals surface area (Å²) in [4.78, 5) is 8.28. The number of fused-ring (bicyclic) bond motifs is 1. The molecule has 2 unspecified atom stereocenters. The van der Waals surface area contributed by atoms with Crippen molar-refractivity contribution in [1.29, 1.82) is 0 Å². The fourth-order valence-corrected chi connectivity index (χ4v) is 6.05. The number of nitrogens with zero attached hydrogens (tertiary/aromatic N) is 6. The van der Waals surface area contributed by atoms with Gasteiger partial charge in [-0.15, -0.1) is 10.2 Å². The Morgan fingerprint density at radius 2 is 1.92 bits per heavy atom. The van der Waals surface area contributed by atoms with Crippen LogP contribution in [0.5, 0.6) is 0 Å². The Morgan fingerprint density at radius 1 is 1.19 bits per heavy atom. The number of methoxy groups -OCH3 is 2. The zero-order valence-electron chi connectivity index (χ0n) is 20.4. The lowest BCUT2D eigenvalue weighted by Crippen LogP contribution is -2.35. The van der Waals surface area contributed by atoms with Gasteiger partial charge in [0, 0.05) is 37.9 Å². The molecular formula is C22H29ClN8O4S. The van der Waals surface area contributed by atoms with Crippen LogP contribution in [0.4, 0.5) is 5.95 Å². The highest BCUT2D eigenvalue weighted by molar-refractivity contribution is 7.93. The average molecular weight is 537 g/mol. The summed E-state index contributed by atoms with van der Waals surface area (Å²) >= 11 is 5.88. The maximum Gasteiger partial charge on any atom is 0.240 e. The van der Waals surface area contributed by atoms with Crippen molar-refractivity contribution in [3.63, 3.8) is 0 Å². The second kappa shape index (κ2) is 9.69. The minimum atomic E-state index is -4.01. The highest BCUT2D eigenvalue weighted by Crippen LogP contribution is 2.48. The molecule has 0 radical (unpaired) electrons. The maximum atomic E-state index is 13.5. The molecule has 12 nitrogen and oxygen atoms in total. The van der Waals surface area contributed by atoms with Crippen LogP contribution in [0.3, 0.4) is 0 Å². The summed E-state index contributed by atoms with van der Waals surface area (Å²) in [7, 11) is -0.969. The Morgan fingerprint density at radius 3 is 2.58 bits per heavy atom. The van der Waals surface area contributed by atoms with Gasteiger partial charge in [0.15, 0.2) is 11.6 Å². The van der Waals surface area contributed by atoms with Crippen LogP contribution in [0, 0.1) is 0 Å². The van der Waals surface area contributed by atoms with Crippen LogP contribution in [-0.4, -0.2) is 69.4 Å². The molecule has 3 aromatic heterocycles. The van der Waals surface area contributed by atoms with E-state index < -0.39 is 26.9 Å². The molecular weight excluding hydrogens is 508 g/mol. The monoisotopic (exact) mass is 536 g/mol. The predicted octanol–water partition coefficient (Wildman–Crippen LogP) is 2.64. The second-order valence-electron chi connectivity index (χ2n) is 9.34. The summed E-state index contributed by atoms with van der Waals surface area (Å²) in [6.07, 6.45) is 7.49. The van der Waals surface area contributed by atoms with E-state index >= 15 is 0 Å². The van der Waals surface area contributed by atoms with E-state index in [0.29, 0.717) is 23.1 Å². The first-order valence-corrected chi connectivity index (χ1v) is 13.8. The first-order chi connectivity index (χ1) is 17.3. The van der Waals surface area contributed by atoms with E-state index in [9.17, 15) is 8.42 Å². The third-order valence-electron chi connectivity index (χ3n) is 6.94. The Hall–Kier alpha value is -2.61. The summed E-state index contributed by atoms with van der Waals surface area (Å²) in [6.45, 7) is 1.93. The molecule has 194 valence electrons. The summed E-state index contributed by atoms with van der Waals surface area (Å²) in [5, 5.41) is 15.7. The number of aromatic amines is 1. The molecule has 3 heterocycles. The SMILES string of the molecule is COCC1(n2c(NS(=O)(=O)C(C)C(OC)c3ncc(Cl)cn3)nnc2-c2n[nH]c3c2CCCC3)CC1. The second-order valence-corrected chi connectivity index (χ2v) is 11.8. The first kappa shape index (κ1) is 25.1. The van der Waals surface area contributed by atoms with Crippen molar-refractivity contribution >= 4 is 27.6 Å². The maximum absolute atomic E-state index is 13.5. The number of hydrogen-bond acceptors (Lipinski definition) is 9. The lowest BCUT2D eigenvalue weighted by atomic mass is 9.95. The van der Waals surface area contributed by atoms with Crippen molar-refractivity contribution in [2.45, 2.75) is 62.3 Å². The van der Waals surface area contributed by atoms with E-state index in [-0.39, 0.29) is 11.8 Å². The summed E-state index contributed by atoms with van der Waals surface area (Å²) in [5.74, 6) is 0.854. The molecule has 2 aliphatic carbocycles. The molecule has 0 bridgehead atoms. The number of nitrogens with one attached hydrogen (secondary N) is 2. The van der Waals surface area contributed by atoms with E-state index in [1.165, 1.54) is 26.4 Å². The van der Waals surface area contributed by atoms with E-state index in [1.807, 2.05) is 4.57 Å². The topological polar surface area (TPSA) is 150 Å². The average Bonchev–Trinajstić information content (AvgIpc) is 3.32.